The number of anilines is 1. The molecule has 0 heterocycles. The number of carboxylic acids is 1. The third-order valence-electron chi connectivity index (χ3n) is 6.76. The summed E-state index contributed by atoms with van der Waals surface area (Å²) < 4.78 is 45.5. The third kappa shape index (κ3) is 4.89. The van der Waals surface area contributed by atoms with E-state index in [-0.39, 0.29) is 11.3 Å². The van der Waals surface area contributed by atoms with Crippen molar-refractivity contribution >= 4 is 11.7 Å². The Bertz CT molecular complexity index is 1660. The lowest BCUT2D eigenvalue weighted by Gasteiger charge is -2.25. The van der Waals surface area contributed by atoms with Gasteiger partial charge in [0.1, 0.15) is 5.75 Å². The molecule has 0 fully saturated rings. The summed E-state index contributed by atoms with van der Waals surface area (Å²) in [4.78, 5) is 12.9. The van der Waals surface area contributed by atoms with Gasteiger partial charge in [-0.05, 0) is 52.1 Å². The smallest absolute Gasteiger partial charge is 0.416 e. The standard InChI is InChI=1S/C33H24F3NO3/c1-40-25-18-14-22(15-19-25)26-27(20-8-4-2-5-9-20)29(23-12-16-24(17-13-23)33(34,35)36)31(37)30(32(38)39)28(26)21-10-6-3-7-11-21/h2-19H,37H2,1H3,(H,38,39). The quantitative estimate of drug-likeness (QED) is 0.212. The Kier molecular flexibility index (Phi) is 7.05. The zero-order chi connectivity index (χ0) is 28.4. The van der Waals surface area contributed by atoms with Gasteiger partial charge in [0.25, 0.3) is 0 Å². The number of hydrogen-bond acceptors (Lipinski definition) is 3. The van der Waals surface area contributed by atoms with E-state index in [1.807, 2.05) is 48.5 Å². The van der Waals surface area contributed by atoms with Gasteiger partial charge in [-0.2, -0.15) is 13.2 Å². The summed E-state index contributed by atoms with van der Waals surface area (Å²) >= 11 is 0. The molecular weight excluding hydrogens is 515 g/mol. The van der Waals surface area contributed by atoms with Crippen molar-refractivity contribution in [2.45, 2.75) is 6.18 Å². The Morgan fingerprint density at radius 1 is 0.650 bits per heavy atom. The Morgan fingerprint density at radius 3 is 1.55 bits per heavy atom. The molecule has 0 atom stereocenters. The number of methoxy groups -OCH3 is 1. The highest BCUT2D eigenvalue weighted by Crippen LogP contribution is 2.51. The SMILES string of the molecule is COc1ccc(-c2c(-c3ccccc3)c(C(=O)O)c(N)c(-c3ccc(C(F)(F)F)cc3)c2-c2ccccc2)cc1. The van der Waals surface area contributed by atoms with Crippen LogP contribution in [0.1, 0.15) is 15.9 Å². The fourth-order valence-corrected chi connectivity index (χ4v) is 4.95. The maximum Gasteiger partial charge on any atom is 0.416 e. The molecule has 40 heavy (non-hydrogen) atoms. The largest absolute Gasteiger partial charge is 0.497 e. The molecule has 0 aliphatic rings. The highest BCUT2D eigenvalue weighted by molar-refractivity contribution is 6.15. The van der Waals surface area contributed by atoms with Crippen molar-refractivity contribution in [1.82, 2.24) is 0 Å². The summed E-state index contributed by atoms with van der Waals surface area (Å²) in [5.41, 5.74) is 10.0. The zero-order valence-electron chi connectivity index (χ0n) is 21.4. The maximum atomic E-state index is 13.4. The highest BCUT2D eigenvalue weighted by atomic mass is 19.4. The first-order chi connectivity index (χ1) is 19.2. The van der Waals surface area contributed by atoms with Crippen LogP contribution in [-0.4, -0.2) is 18.2 Å². The molecule has 4 nitrogen and oxygen atoms in total. The van der Waals surface area contributed by atoms with Crippen LogP contribution in [0.2, 0.25) is 0 Å². The minimum atomic E-state index is -4.52. The van der Waals surface area contributed by atoms with Gasteiger partial charge in [-0.15, -0.1) is 0 Å². The van der Waals surface area contributed by atoms with Crippen molar-refractivity contribution in [3.8, 4) is 50.3 Å². The number of alkyl halides is 3. The van der Waals surface area contributed by atoms with E-state index >= 15 is 0 Å². The van der Waals surface area contributed by atoms with Gasteiger partial charge in [0.15, 0.2) is 0 Å². The molecule has 0 aliphatic carbocycles. The molecule has 5 rings (SSSR count). The first-order valence-electron chi connectivity index (χ1n) is 12.4. The number of ether oxygens (including phenoxy) is 1. The molecule has 0 unspecified atom stereocenters. The van der Waals surface area contributed by atoms with Crippen molar-refractivity contribution in [3.05, 3.63) is 120 Å². The number of aromatic carboxylic acids is 1. The Labute approximate surface area is 229 Å². The Hall–Kier alpha value is -5.04. The summed E-state index contributed by atoms with van der Waals surface area (Å²) in [7, 11) is 1.55. The van der Waals surface area contributed by atoms with Crippen LogP contribution in [0.3, 0.4) is 0 Å². The van der Waals surface area contributed by atoms with Crippen LogP contribution in [0.15, 0.2) is 109 Å². The lowest BCUT2D eigenvalue weighted by Crippen LogP contribution is -2.10. The van der Waals surface area contributed by atoms with Crippen LogP contribution in [0.5, 0.6) is 5.75 Å². The number of hydrogen-bond donors (Lipinski definition) is 2. The van der Waals surface area contributed by atoms with Gasteiger partial charge in [-0.25, -0.2) is 4.79 Å². The van der Waals surface area contributed by atoms with Gasteiger partial charge < -0.3 is 15.6 Å². The lowest BCUT2D eigenvalue weighted by molar-refractivity contribution is -0.137. The van der Waals surface area contributed by atoms with Gasteiger partial charge >= 0.3 is 12.1 Å². The van der Waals surface area contributed by atoms with E-state index in [1.165, 1.54) is 12.1 Å². The fraction of sp³-hybridized carbons (Fsp3) is 0.0606. The first kappa shape index (κ1) is 26.6. The number of rotatable bonds is 6. The van der Waals surface area contributed by atoms with E-state index in [0.717, 1.165) is 17.7 Å². The second kappa shape index (κ2) is 10.6. The number of nitrogens with two attached hydrogens (primary N) is 1. The number of nitrogen functional groups attached to an aromatic ring is 1. The third-order valence-corrected chi connectivity index (χ3v) is 6.76. The fourth-order valence-electron chi connectivity index (χ4n) is 4.95. The highest BCUT2D eigenvalue weighted by Gasteiger charge is 2.32. The Morgan fingerprint density at radius 2 is 1.07 bits per heavy atom. The summed E-state index contributed by atoms with van der Waals surface area (Å²) in [6, 6.07) is 30.1. The van der Waals surface area contributed by atoms with Gasteiger partial charge in [0.2, 0.25) is 0 Å². The second-order valence-electron chi connectivity index (χ2n) is 9.13. The summed E-state index contributed by atoms with van der Waals surface area (Å²) in [6.07, 6.45) is -4.52. The molecule has 0 aliphatic heterocycles. The minimum absolute atomic E-state index is 0.0396. The number of carboxylic acid groups (broad SMARTS) is 1. The predicted molar refractivity (Wildman–Crippen MR) is 151 cm³/mol. The molecule has 200 valence electrons. The topological polar surface area (TPSA) is 72.5 Å². The van der Waals surface area contributed by atoms with Gasteiger partial charge in [-0.3, -0.25) is 0 Å². The van der Waals surface area contributed by atoms with Crippen LogP contribution in [-0.2, 0) is 6.18 Å². The monoisotopic (exact) mass is 539 g/mol. The van der Waals surface area contributed by atoms with Gasteiger partial charge in [-0.1, -0.05) is 84.9 Å². The van der Waals surface area contributed by atoms with Crippen LogP contribution in [0.25, 0.3) is 44.5 Å². The van der Waals surface area contributed by atoms with Gasteiger partial charge in [0, 0.05) is 16.7 Å². The van der Waals surface area contributed by atoms with Crippen molar-refractivity contribution in [2.24, 2.45) is 0 Å². The van der Waals surface area contributed by atoms with Crippen molar-refractivity contribution in [3.63, 3.8) is 0 Å². The van der Waals surface area contributed by atoms with E-state index in [1.54, 1.807) is 43.5 Å². The summed E-state index contributed by atoms with van der Waals surface area (Å²) in [5, 5.41) is 10.5. The molecule has 7 heteroatoms. The average Bonchev–Trinajstić information content (AvgIpc) is 2.97. The van der Waals surface area contributed by atoms with Crippen LogP contribution >= 0.6 is 0 Å². The van der Waals surface area contributed by atoms with Crippen LogP contribution < -0.4 is 10.5 Å². The van der Waals surface area contributed by atoms with E-state index in [2.05, 4.69) is 0 Å². The zero-order valence-corrected chi connectivity index (χ0v) is 21.4. The molecule has 0 spiro atoms. The maximum absolute atomic E-state index is 13.4. The molecule has 0 aromatic heterocycles. The predicted octanol–water partition coefficient (Wildman–Crippen LogP) is 8.66. The van der Waals surface area contributed by atoms with Crippen LogP contribution in [0.4, 0.5) is 18.9 Å². The second-order valence-corrected chi connectivity index (χ2v) is 9.13. The van der Waals surface area contributed by atoms with Crippen LogP contribution in [0, 0.1) is 0 Å². The molecule has 5 aromatic carbocycles. The first-order valence-corrected chi connectivity index (χ1v) is 12.4. The molecule has 0 amide bonds. The Balaban J connectivity index is 1.99. The average molecular weight is 540 g/mol. The molecule has 0 bridgehead atoms. The molecule has 0 saturated carbocycles. The number of benzene rings is 5. The molecule has 3 N–H and O–H groups in total. The normalized spacial score (nSPS) is 11.3. The van der Waals surface area contributed by atoms with Gasteiger partial charge in [0.05, 0.1) is 23.9 Å². The van der Waals surface area contributed by atoms with E-state index in [0.29, 0.717) is 44.7 Å². The van der Waals surface area contributed by atoms with Crippen molar-refractivity contribution < 1.29 is 27.8 Å². The summed E-state index contributed by atoms with van der Waals surface area (Å²) in [5.74, 6) is -0.637. The van der Waals surface area contributed by atoms with E-state index in [4.69, 9.17) is 10.5 Å². The molecule has 0 saturated heterocycles. The summed E-state index contributed by atoms with van der Waals surface area (Å²) in [6.45, 7) is 0. The molecular formula is C33H24F3NO3. The van der Waals surface area contributed by atoms with E-state index in [9.17, 15) is 23.1 Å². The number of halogens is 3. The number of carbonyl (C=O) groups is 1. The molecule has 5 aromatic rings. The van der Waals surface area contributed by atoms with Crippen molar-refractivity contribution in [2.75, 3.05) is 12.8 Å². The molecule has 0 radical (unpaired) electrons. The van der Waals surface area contributed by atoms with E-state index < -0.39 is 17.7 Å². The minimum Gasteiger partial charge on any atom is -0.497 e. The lowest BCUT2D eigenvalue weighted by atomic mass is 9.79. The van der Waals surface area contributed by atoms with Crippen molar-refractivity contribution in [1.29, 1.82) is 0 Å².